The molecule has 0 aliphatic rings. The highest BCUT2D eigenvalue weighted by molar-refractivity contribution is 7.89. The first-order chi connectivity index (χ1) is 4.92. The zero-order valence-corrected chi connectivity index (χ0v) is 6.48. The van der Waals surface area contributed by atoms with Gasteiger partial charge in [-0.3, -0.25) is 0 Å². The summed E-state index contributed by atoms with van der Waals surface area (Å²) in [6.07, 6.45) is 0. The van der Waals surface area contributed by atoms with Crippen molar-refractivity contribution in [3.63, 3.8) is 0 Å². The second-order valence-corrected chi connectivity index (χ2v) is 3.73. The van der Waals surface area contributed by atoms with Crippen LogP contribution in [-0.4, -0.2) is 32.1 Å². The van der Waals surface area contributed by atoms with Gasteiger partial charge in [-0.2, -0.15) is 18.3 Å². The lowest BCUT2D eigenvalue weighted by atomic mass is 10.7. The van der Waals surface area contributed by atoms with Crippen LogP contribution in [0.15, 0.2) is 0 Å². The van der Waals surface area contributed by atoms with Crippen LogP contribution in [0.4, 0.5) is 8.78 Å². The average Bonchev–Trinajstić information content (AvgIpc) is 1.88. The van der Waals surface area contributed by atoms with Gasteiger partial charge in [0.1, 0.15) is 6.54 Å². The van der Waals surface area contributed by atoms with E-state index in [1.165, 1.54) is 6.07 Å². The van der Waals surface area contributed by atoms with Crippen molar-refractivity contribution in [2.45, 2.75) is 5.76 Å². The Morgan fingerprint density at radius 1 is 1.64 bits per heavy atom. The average molecular weight is 184 g/mol. The van der Waals surface area contributed by atoms with Gasteiger partial charge in [0.15, 0.2) is 0 Å². The Morgan fingerprint density at radius 2 is 2.09 bits per heavy atom. The number of alkyl halides is 2. The fourth-order valence-electron chi connectivity index (χ4n) is 0.326. The van der Waals surface area contributed by atoms with Crippen molar-refractivity contribution in [3.8, 4) is 6.07 Å². The van der Waals surface area contributed by atoms with Gasteiger partial charge in [-0.25, -0.2) is 8.42 Å². The second-order valence-electron chi connectivity index (χ2n) is 1.72. The van der Waals surface area contributed by atoms with E-state index in [1.54, 1.807) is 0 Å². The van der Waals surface area contributed by atoms with Crippen LogP contribution in [0.5, 0.6) is 0 Å². The topological polar surface area (TPSA) is 61.2 Å². The first-order valence-electron chi connectivity index (χ1n) is 2.53. The lowest BCUT2D eigenvalue weighted by Crippen LogP contribution is -2.32. The molecular formula is C4H6F2N2O2S. The summed E-state index contributed by atoms with van der Waals surface area (Å²) in [5.74, 6) is -3.46. The van der Waals surface area contributed by atoms with Gasteiger partial charge in [0.25, 0.3) is 10.0 Å². The fraction of sp³-hybridized carbons (Fsp3) is 0.750. The fourth-order valence-corrected chi connectivity index (χ4v) is 0.835. The molecule has 0 saturated heterocycles. The minimum Gasteiger partial charge on any atom is -0.206 e. The van der Waals surface area contributed by atoms with E-state index < -0.39 is 22.3 Å². The molecule has 0 saturated carbocycles. The van der Waals surface area contributed by atoms with E-state index in [0.717, 1.165) is 7.05 Å². The standard InChI is InChI=1S/C4H6F2N2O2S/c1-8(3-2-7)11(9,10)4(5)6/h4H,3H2,1H3. The lowest BCUT2D eigenvalue weighted by molar-refractivity contribution is 0.224. The van der Waals surface area contributed by atoms with E-state index in [2.05, 4.69) is 0 Å². The van der Waals surface area contributed by atoms with E-state index >= 15 is 0 Å². The smallest absolute Gasteiger partial charge is 0.206 e. The molecule has 0 fully saturated rings. The SMILES string of the molecule is CN(CC#N)S(=O)(=O)C(F)F. The number of nitriles is 1. The van der Waals surface area contributed by atoms with Crippen molar-refractivity contribution < 1.29 is 17.2 Å². The summed E-state index contributed by atoms with van der Waals surface area (Å²) >= 11 is 0. The molecule has 0 aliphatic heterocycles. The summed E-state index contributed by atoms with van der Waals surface area (Å²) in [6.45, 7) is -0.563. The molecule has 0 bridgehead atoms. The Labute approximate surface area is 63.1 Å². The molecule has 0 unspecified atom stereocenters. The van der Waals surface area contributed by atoms with Crippen LogP contribution in [0.25, 0.3) is 0 Å². The van der Waals surface area contributed by atoms with Crippen LogP contribution >= 0.6 is 0 Å². The number of sulfonamides is 1. The van der Waals surface area contributed by atoms with Crippen LogP contribution < -0.4 is 0 Å². The number of nitrogens with zero attached hydrogens (tertiary/aromatic N) is 2. The summed E-state index contributed by atoms with van der Waals surface area (Å²) in [4.78, 5) is 0. The lowest BCUT2D eigenvalue weighted by Gasteiger charge is -2.11. The molecule has 0 amide bonds. The molecule has 0 N–H and O–H groups in total. The number of hydrogen-bond donors (Lipinski definition) is 0. The van der Waals surface area contributed by atoms with Crippen molar-refractivity contribution in [2.24, 2.45) is 0 Å². The highest BCUT2D eigenvalue weighted by atomic mass is 32.2. The monoisotopic (exact) mass is 184 g/mol. The normalized spacial score (nSPS) is 12.0. The maximum atomic E-state index is 11.6. The molecule has 0 aromatic heterocycles. The maximum absolute atomic E-state index is 11.6. The Kier molecular flexibility index (Phi) is 3.35. The molecular weight excluding hydrogens is 178 g/mol. The van der Waals surface area contributed by atoms with Crippen molar-refractivity contribution in [2.75, 3.05) is 13.6 Å². The third-order valence-corrected chi connectivity index (χ3v) is 2.40. The van der Waals surface area contributed by atoms with E-state index in [4.69, 9.17) is 5.26 Å². The molecule has 4 nitrogen and oxygen atoms in total. The molecule has 11 heavy (non-hydrogen) atoms. The quantitative estimate of drug-likeness (QED) is 0.580. The first-order valence-corrected chi connectivity index (χ1v) is 4.03. The van der Waals surface area contributed by atoms with Gasteiger partial charge in [0.05, 0.1) is 6.07 Å². The zero-order valence-electron chi connectivity index (χ0n) is 5.66. The molecule has 0 aromatic rings. The molecule has 0 atom stereocenters. The van der Waals surface area contributed by atoms with Crippen LogP contribution in [-0.2, 0) is 10.0 Å². The third kappa shape index (κ3) is 2.40. The molecule has 0 radical (unpaired) electrons. The van der Waals surface area contributed by atoms with Gasteiger partial charge in [0.2, 0.25) is 0 Å². The number of rotatable bonds is 3. The third-order valence-electron chi connectivity index (χ3n) is 0.953. The summed E-state index contributed by atoms with van der Waals surface area (Å²) in [5.41, 5.74) is 0. The molecule has 0 aliphatic carbocycles. The Balaban J connectivity index is 4.47. The van der Waals surface area contributed by atoms with E-state index in [9.17, 15) is 17.2 Å². The van der Waals surface area contributed by atoms with E-state index in [-0.39, 0.29) is 0 Å². The van der Waals surface area contributed by atoms with Crippen LogP contribution in [0.3, 0.4) is 0 Å². The molecule has 0 aromatic carbocycles. The first kappa shape index (κ1) is 10.3. The minimum atomic E-state index is -4.56. The Morgan fingerprint density at radius 3 is 2.36 bits per heavy atom. The highest BCUT2D eigenvalue weighted by Crippen LogP contribution is 2.08. The van der Waals surface area contributed by atoms with Crippen molar-refractivity contribution in [1.29, 1.82) is 5.26 Å². The Hall–Kier alpha value is -0.740. The largest absolute Gasteiger partial charge is 0.350 e. The molecule has 0 rings (SSSR count). The number of halogens is 2. The summed E-state index contributed by atoms with van der Waals surface area (Å²) < 4.78 is 44.5. The van der Waals surface area contributed by atoms with Crippen LogP contribution in [0, 0.1) is 11.3 Å². The van der Waals surface area contributed by atoms with Gasteiger partial charge in [-0.1, -0.05) is 0 Å². The summed E-state index contributed by atoms with van der Waals surface area (Å²) in [5, 5.41) is 7.98. The predicted octanol–water partition coefficient (Wildman–Crippen LogP) is -0.00582. The maximum Gasteiger partial charge on any atom is 0.350 e. The van der Waals surface area contributed by atoms with E-state index in [0.29, 0.717) is 4.31 Å². The molecule has 0 spiro atoms. The van der Waals surface area contributed by atoms with Crippen LogP contribution in [0.2, 0.25) is 0 Å². The van der Waals surface area contributed by atoms with Crippen molar-refractivity contribution >= 4 is 10.0 Å². The second kappa shape index (κ2) is 3.59. The van der Waals surface area contributed by atoms with Gasteiger partial charge >= 0.3 is 5.76 Å². The van der Waals surface area contributed by atoms with Gasteiger partial charge in [0, 0.05) is 7.05 Å². The molecule has 64 valence electrons. The Bertz CT molecular complexity index is 256. The van der Waals surface area contributed by atoms with Crippen LogP contribution in [0.1, 0.15) is 0 Å². The van der Waals surface area contributed by atoms with Gasteiger partial charge in [-0.05, 0) is 0 Å². The predicted molar refractivity (Wildman–Crippen MR) is 33.2 cm³/mol. The summed E-state index contributed by atoms with van der Waals surface area (Å²) in [6, 6.07) is 1.44. The van der Waals surface area contributed by atoms with Gasteiger partial charge < -0.3 is 0 Å². The number of hydrogen-bond acceptors (Lipinski definition) is 3. The van der Waals surface area contributed by atoms with Crippen molar-refractivity contribution in [1.82, 2.24) is 4.31 Å². The van der Waals surface area contributed by atoms with E-state index in [1.807, 2.05) is 0 Å². The van der Waals surface area contributed by atoms with Gasteiger partial charge in [-0.15, -0.1) is 0 Å². The summed E-state index contributed by atoms with van der Waals surface area (Å²) in [7, 11) is -3.64. The zero-order chi connectivity index (χ0) is 9.07. The molecule has 0 heterocycles. The van der Waals surface area contributed by atoms with Crippen molar-refractivity contribution in [3.05, 3.63) is 0 Å². The molecule has 7 heteroatoms. The highest BCUT2D eigenvalue weighted by Gasteiger charge is 2.28. The minimum absolute atomic E-state index is 0.303.